The minimum absolute atomic E-state index is 0.192. The van der Waals surface area contributed by atoms with E-state index in [9.17, 15) is 4.79 Å². The maximum Gasteiger partial charge on any atom is 0.315 e. The molecule has 2 amide bonds. The maximum atomic E-state index is 11.6. The normalized spacial score (nSPS) is 9.64. The van der Waals surface area contributed by atoms with Crippen LogP contribution < -0.4 is 15.4 Å². The molecule has 0 saturated carbocycles. The van der Waals surface area contributed by atoms with Crippen molar-refractivity contribution in [2.45, 2.75) is 19.8 Å². The Labute approximate surface area is 149 Å². The van der Waals surface area contributed by atoms with E-state index in [1.807, 2.05) is 49.4 Å². The molecular formula is C21H24N2O2. The van der Waals surface area contributed by atoms with E-state index in [1.54, 1.807) is 0 Å². The maximum absolute atomic E-state index is 11.6. The van der Waals surface area contributed by atoms with Crippen molar-refractivity contribution in [1.82, 2.24) is 10.6 Å². The first-order valence-electron chi connectivity index (χ1n) is 8.45. The van der Waals surface area contributed by atoms with E-state index in [-0.39, 0.29) is 6.03 Å². The predicted octanol–water partition coefficient (Wildman–Crippen LogP) is 3.31. The van der Waals surface area contributed by atoms with Gasteiger partial charge in [-0.1, -0.05) is 60.4 Å². The number of urea groups is 1. The Balaban J connectivity index is 1.53. The first kappa shape index (κ1) is 18.4. The van der Waals surface area contributed by atoms with E-state index in [1.165, 1.54) is 5.56 Å². The highest BCUT2D eigenvalue weighted by atomic mass is 16.5. The van der Waals surface area contributed by atoms with Crippen molar-refractivity contribution < 1.29 is 9.53 Å². The minimum Gasteiger partial charge on any atom is -0.481 e. The molecule has 0 aliphatic rings. The summed E-state index contributed by atoms with van der Waals surface area (Å²) >= 11 is 0. The first-order chi connectivity index (χ1) is 12.3. The molecule has 0 saturated heterocycles. The van der Waals surface area contributed by atoms with Crippen molar-refractivity contribution in [3.05, 3.63) is 65.7 Å². The zero-order valence-electron chi connectivity index (χ0n) is 14.5. The lowest BCUT2D eigenvalue weighted by atomic mass is 10.1. The summed E-state index contributed by atoms with van der Waals surface area (Å²) in [5.41, 5.74) is 2.36. The van der Waals surface area contributed by atoms with Gasteiger partial charge in [0.1, 0.15) is 12.4 Å². The van der Waals surface area contributed by atoms with Crippen LogP contribution in [-0.2, 0) is 6.42 Å². The number of carbonyl (C=O) groups excluding carboxylic acids is 1. The van der Waals surface area contributed by atoms with E-state index >= 15 is 0 Å². The fraction of sp³-hybridized carbons (Fsp3) is 0.286. The van der Waals surface area contributed by atoms with Crippen LogP contribution in [0.2, 0.25) is 0 Å². The molecular weight excluding hydrogens is 312 g/mol. The molecule has 0 heterocycles. The van der Waals surface area contributed by atoms with Gasteiger partial charge in [0, 0.05) is 6.54 Å². The third-order valence-corrected chi connectivity index (χ3v) is 3.63. The van der Waals surface area contributed by atoms with Crippen LogP contribution in [0.15, 0.2) is 54.6 Å². The van der Waals surface area contributed by atoms with E-state index < -0.39 is 0 Å². The summed E-state index contributed by atoms with van der Waals surface area (Å²) in [5.74, 6) is 6.60. The third-order valence-electron chi connectivity index (χ3n) is 3.63. The Hall–Kier alpha value is -2.93. The summed E-state index contributed by atoms with van der Waals surface area (Å²) in [6.45, 7) is 3.25. The SMILES string of the molecule is Cc1ccccc1OCC#CCNC(=O)NCCCc1ccccc1. The van der Waals surface area contributed by atoms with Crippen molar-refractivity contribution in [2.24, 2.45) is 0 Å². The fourth-order valence-corrected chi connectivity index (χ4v) is 2.27. The van der Waals surface area contributed by atoms with Crippen LogP contribution in [-0.4, -0.2) is 25.7 Å². The number of carbonyl (C=O) groups is 1. The van der Waals surface area contributed by atoms with Crippen LogP contribution >= 0.6 is 0 Å². The molecule has 2 aromatic carbocycles. The Morgan fingerprint density at radius 1 is 1.00 bits per heavy atom. The average Bonchev–Trinajstić information content (AvgIpc) is 2.64. The number of hydrogen-bond acceptors (Lipinski definition) is 2. The van der Waals surface area contributed by atoms with Gasteiger partial charge in [0.15, 0.2) is 0 Å². The highest BCUT2D eigenvalue weighted by molar-refractivity contribution is 5.74. The molecule has 0 aliphatic carbocycles. The molecule has 0 unspecified atom stereocenters. The lowest BCUT2D eigenvalue weighted by Gasteiger charge is -2.05. The molecule has 0 aromatic heterocycles. The van der Waals surface area contributed by atoms with Gasteiger partial charge in [-0.2, -0.15) is 0 Å². The van der Waals surface area contributed by atoms with Gasteiger partial charge in [0.2, 0.25) is 0 Å². The Bertz CT molecular complexity index is 717. The predicted molar refractivity (Wildman–Crippen MR) is 101 cm³/mol. The van der Waals surface area contributed by atoms with Gasteiger partial charge in [-0.3, -0.25) is 0 Å². The summed E-state index contributed by atoms with van der Waals surface area (Å²) in [6.07, 6.45) is 1.87. The first-order valence-corrected chi connectivity index (χ1v) is 8.45. The number of amides is 2. The summed E-state index contributed by atoms with van der Waals surface area (Å²) in [7, 11) is 0. The molecule has 4 heteroatoms. The lowest BCUT2D eigenvalue weighted by molar-refractivity contribution is 0.242. The van der Waals surface area contributed by atoms with Gasteiger partial charge in [-0.05, 0) is 37.0 Å². The number of hydrogen-bond donors (Lipinski definition) is 2. The fourth-order valence-electron chi connectivity index (χ4n) is 2.27. The van der Waals surface area contributed by atoms with E-state index in [0.717, 1.165) is 24.2 Å². The van der Waals surface area contributed by atoms with Crippen molar-refractivity contribution >= 4 is 6.03 Å². The number of aryl methyl sites for hydroxylation is 2. The molecule has 0 spiro atoms. The lowest BCUT2D eigenvalue weighted by Crippen LogP contribution is -2.36. The molecule has 0 fully saturated rings. The van der Waals surface area contributed by atoms with Gasteiger partial charge in [0.05, 0.1) is 6.54 Å². The van der Waals surface area contributed by atoms with Crippen LogP contribution in [0.1, 0.15) is 17.5 Å². The van der Waals surface area contributed by atoms with Crippen molar-refractivity contribution in [2.75, 3.05) is 19.7 Å². The Kier molecular flexibility index (Phi) is 7.93. The summed E-state index contributed by atoms with van der Waals surface area (Å²) in [6, 6.07) is 17.8. The van der Waals surface area contributed by atoms with Gasteiger partial charge in [-0.15, -0.1) is 0 Å². The quantitative estimate of drug-likeness (QED) is 0.602. The van der Waals surface area contributed by atoms with Crippen molar-refractivity contribution in [1.29, 1.82) is 0 Å². The zero-order chi connectivity index (χ0) is 17.7. The Morgan fingerprint density at radius 3 is 2.56 bits per heavy atom. The van der Waals surface area contributed by atoms with Gasteiger partial charge in [0.25, 0.3) is 0 Å². The molecule has 0 radical (unpaired) electrons. The topological polar surface area (TPSA) is 50.4 Å². The molecule has 0 aliphatic heterocycles. The minimum atomic E-state index is -0.192. The van der Waals surface area contributed by atoms with Crippen LogP contribution in [0, 0.1) is 18.8 Å². The molecule has 4 nitrogen and oxygen atoms in total. The summed E-state index contributed by atoms with van der Waals surface area (Å²) in [5, 5.41) is 5.54. The number of benzene rings is 2. The standard InChI is InChI=1S/C21H24N2O2/c1-18-10-5-6-14-20(18)25-17-8-7-15-22-21(24)23-16-9-13-19-11-3-2-4-12-19/h2-6,10-12,14H,9,13,15-17H2,1H3,(H2,22,23,24). The van der Waals surface area contributed by atoms with E-state index in [2.05, 4.69) is 34.6 Å². The van der Waals surface area contributed by atoms with Crippen LogP contribution in [0.4, 0.5) is 4.79 Å². The molecule has 2 N–H and O–H groups in total. The van der Waals surface area contributed by atoms with E-state index in [0.29, 0.717) is 19.7 Å². The van der Waals surface area contributed by atoms with Crippen molar-refractivity contribution in [3.8, 4) is 17.6 Å². The highest BCUT2D eigenvalue weighted by Crippen LogP contribution is 2.15. The third kappa shape index (κ3) is 7.45. The number of ether oxygens (including phenoxy) is 1. The van der Waals surface area contributed by atoms with E-state index in [4.69, 9.17) is 4.74 Å². The average molecular weight is 336 g/mol. The number of para-hydroxylation sites is 1. The van der Waals surface area contributed by atoms with Crippen LogP contribution in [0.3, 0.4) is 0 Å². The number of rotatable bonds is 7. The summed E-state index contributed by atoms with van der Waals surface area (Å²) < 4.78 is 5.56. The second-order valence-corrected chi connectivity index (χ2v) is 5.61. The molecule has 25 heavy (non-hydrogen) atoms. The Morgan fingerprint density at radius 2 is 1.76 bits per heavy atom. The van der Waals surface area contributed by atoms with Crippen LogP contribution in [0.5, 0.6) is 5.75 Å². The van der Waals surface area contributed by atoms with Gasteiger partial charge < -0.3 is 15.4 Å². The molecule has 2 rings (SSSR count). The highest BCUT2D eigenvalue weighted by Gasteiger charge is 1.98. The largest absolute Gasteiger partial charge is 0.481 e. The second kappa shape index (κ2) is 10.8. The van der Waals surface area contributed by atoms with Gasteiger partial charge >= 0.3 is 6.03 Å². The molecule has 130 valence electrons. The molecule has 0 bridgehead atoms. The van der Waals surface area contributed by atoms with Crippen LogP contribution in [0.25, 0.3) is 0 Å². The second-order valence-electron chi connectivity index (χ2n) is 5.61. The van der Waals surface area contributed by atoms with Crippen molar-refractivity contribution in [3.63, 3.8) is 0 Å². The summed E-state index contributed by atoms with van der Waals surface area (Å²) in [4.78, 5) is 11.6. The molecule has 0 atom stereocenters. The van der Waals surface area contributed by atoms with Gasteiger partial charge in [-0.25, -0.2) is 4.79 Å². The number of nitrogens with one attached hydrogen (secondary N) is 2. The molecule has 2 aromatic rings. The monoisotopic (exact) mass is 336 g/mol. The smallest absolute Gasteiger partial charge is 0.315 e. The zero-order valence-corrected chi connectivity index (χ0v) is 14.5.